The summed E-state index contributed by atoms with van der Waals surface area (Å²) in [6.45, 7) is 10.9. The third-order valence-electron chi connectivity index (χ3n) is 3.43. The van der Waals surface area contributed by atoms with Gasteiger partial charge in [-0.2, -0.15) is 0 Å². The van der Waals surface area contributed by atoms with E-state index in [1.165, 1.54) is 16.7 Å². The summed E-state index contributed by atoms with van der Waals surface area (Å²) in [7, 11) is 0. The first-order valence-electron chi connectivity index (χ1n) is 6.10. The average Bonchev–Trinajstić information content (AvgIpc) is 2.68. The topological polar surface area (TPSA) is 20.2 Å². The van der Waals surface area contributed by atoms with Crippen molar-refractivity contribution in [3.8, 4) is 0 Å². The lowest BCUT2D eigenvalue weighted by Gasteiger charge is -2.06. The number of aliphatic hydroxyl groups is 1. The molecule has 0 aromatic heterocycles. The Morgan fingerprint density at radius 2 is 2.00 bits per heavy atom. The van der Waals surface area contributed by atoms with Crippen molar-refractivity contribution in [1.82, 2.24) is 0 Å². The van der Waals surface area contributed by atoms with E-state index in [1.807, 2.05) is 0 Å². The van der Waals surface area contributed by atoms with Crippen LogP contribution in [0.2, 0.25) is 0 Å². The molecule has 2 atom stereocenters. The summed E-state index contributed by atoms with van der Waals surface area (Å²) >= 11 is 0. The molecule has 0 radical (unpaired) electrons. The lowest BCUT2D eigenvalue weighted by atomic mass is 9.98. The first kappa shape index (κ1) is 13.3. The molecule has 1 fully saturated rings. The van der Waals surface area contributed by atoms with E-state index in [9.17, 15) is 5.11 Å². The van der Waals surface area contributed by atoms with E-state index in [1.54, 1.807) is 0 Å². The van der Waals surface area contributed by atoms with Crippen LogP contribution in [0.1, 0.15) is 47.5 Å². The standard InChI is InChI=1S/C15H24O/c1-11(2)7-6-8-15(5)13(9-12(3)4)14(15)10-16/h7,14,16H,6,8,10H2,1-5H3/t14-,15+/m1/s1. The van der Waals surface area contributed by atoms with Gasteiger partial charge in [0.2, 0.25) is 0 Å². The Labute approximate surface area is 99.6 Å². The first-order valence-corrected chi connectivity index (χ1v) is 6.10. The van der Waals surface area contributed by atoms with E-state index in [4.69, 9.17) is 0 Å². The van der Waals surface area contributed by atoms with Gasteiger partial charge in [-0.25, -0.2) is 0 Å². The number of hydrogen-bond donors (Lipinski definition) is 1. The van der Waals surface area contributed by atoms with Crippen LogP contribution in [-0.4, -0.2) is 11.7 Å². The van der Waals surface area contributed by atoms with Gasteiger partial charge in [0.25, 0.3) is 0 Å². The highest BCUT2D eigenvalue weighted by Gasteiger charge is 2.54. The molecule has 0 saturated heterocycles. The van der Waals surface area contributed by atoms with E-state index in [0.29, 0.717) is 5.92 Å². The fraction of sp³-hybridized carbons (Fsp3) is 0.667. The molecule has 1 nitrogen and oxygen atoms in total. The van der Waals surface area contributed by atoms with Gasteiger partial charge < -0.3 is 5.11 Å². The van der Waals surface area contributed by atoms with Gasteiger partial charge in [0.15, 0.2) is 0 Å². The quantitative estimate of drug-likeness (QED) is 0.563. The number of hydrogen-bond acceptors (Lipinski definition) is 1. The lowest BCUT2D eigenvalue weighted by molar-refractivity contribution is 0.251. The van der Waals surface area contributed by atoms with Crippen molar-refractivity contribution in [2.24, 2.45) is 11.3 Å². The maximum Gasteiger partial charge on any atom is 0.0511 e. The van der Waals surface area contributed by atoms with Crippen molar-refractivity contribution < 1.29 is 5.11 Å². The molecule has 0 spiro atoms. The zero-order chi connectivity index (χ0) is 12.3. The van der Waals surface area contributed by atoms with Crippen molar-refractivity contribution in [3.63, 3.8) is 0 Å². The van der Waals surface area contributed by atoms with Gasteiger partial charge in [-0.15, -0.1) is 5.73 Å². The average molecular weight is 220 g/mol. The van der Waals surface area contributed by atoms with Crippen molar-refractivity contribution in [3.05, 3.63) is 28.5 Å². The molecule has 1 heteroatoms. The second kappa shape index (κ2) is 5.03. The minimum Gasteiger partial charge on any atom is -0.396 e. The van der Waals surface area contributed by atoms with Crippen LogP contribution in [0.3, 0.4) is 0 Å². The smallest absolute Gasteiger partial charge is 0.0511 e. The van der Waals surface area contributed by atoms with E-state index < -0.39 is 0 Å². The highest BCUT2D eigenvalue weighted by atomic mass is 16.3. The largest absolute Gasteiger partial charge is 0.396 e. The fourth-order valence-electron chi connectivity index (χ4n) is 2.33. The van der Waals surface area contributed by atoms with Gasteiger partial charge in [0.05, 0.1) is 6.61 Å². The third kappa shape index (κ3) is 2.87. The monoisotopic (exact) mass is 220 g/mol. The summed E-state index contributed by atoms with van der Waals surface area (Å²) in [4.78, 5) is 0. The Morgan fingerprint density at radius 1 is 1.38 bits per heavy atom. The van der Waals surface area contributed by atoms with E-state index >= 15 is 0 Å². The van der Waals surface area contributed by atoms with Gasteiger partial charge in [-0.1, -0.05) is 18.6 Å². The second-order valence-electron chi connectivity index (χ2n) is 5.51. The molecule has 0 aromatic carbocycles. The molecule has 0 aromatic rings. The van der Waals surface area contributed by atoms with Crippen LogP contribution >= 0.6 is 0 Å². The third-order valence-corrected chi connectivity index (χ3v) is 3.43. The Balaban J connectivity index is 2.72. The van der Waals surface area contributed by atoms with Crippen molar-refractivity contribution in [1.29, 1.82) is 0 Å². The van der Waals surface area contributed by atoms with E-state index in [-0.39, 0.29) is 12.0 Å². The molecule has 0 unspecified atom stereocenters. The molecule has 0 amide bonds. The zero-order valence-corrected chi connectivity index (χ0v) is 11.2. The minimum atomic E-state index is 0.192. The number of aliphatic hydroxyl groups excluding tert-OH is 1. The maximum absolute atomic E-state index is 9.35. The van der Waals surface area contributed by atoms with E-state index in [0.717, 1.165) is 12.8 Å². The molecule has 0 bridgehead atoms. The van der Waals surface area contributed by atoms with Crippen molar-refractivity contribution >= 4 is 0 Å². The summed E-state index contributed by atoms with van der Waals surface area (Å²) in [6, 6.07) is 0. The molecule has 1 saturated carbocycles. The predicted octanol–water partition coefficient (Wildman–Crippen LogP) is 3.85. The van der Waals surface area contributed by atoms with Crippen LogP contribution in [-0.2, 0) is 0 Å². The highest BCUT2D eigenvalue weighted by molar-refractivity contribution is 5.37. The Kier molecular flexibility index (Phi) is 4.18. The fourth-order valence-corrected chi connectivity index (χ4v) is 2.33. The number of allylic oxidation sites excluding steroid dienone is 2. The lowest BCUT2D eigenvalue weighted by Crippen LogP contribution is -2.00. The minimum absolute atomic E-state index is 0.192. The molecule has 16 heavy (non-hydrogen) atoms. The Bertz CT molecular complexity index is 348. The summed E-state index contributed by atoms with van der Waals surface area (Å²) in [6.07, 6.45) is 4.50. The van der Waals surface area contributed by atoms with Gasteiger partial charge in [-0.3, -0.25) is 0 Å². The van der Waals surface area contributed by atoms with Crippen LogP contribution in [0.25, 0.3) is 0 Å². The van der Waals surface area contributed by atoms with Crippen molar-refractivity contribution in [2.75, 3.05) is 6.61 Å². The van der Waals surface area contributed by atoms with Gasteiger partial charge in [0, 0.05) is 11.3 Å². The molecule has 1 rings (SSSR count). The highest BCUT2D eigenvalue weighted by Crippen LogP contribution is 2.60. The first-order chi connectivity index (χ1) is 7.41. The van der Waals surface area contributed by atoms with Crippen LogP contribution < -0.4 is 0 Å². The number of rotatable bonds is 4. The van der Waals surface area contributed by atoms with E-state index in [2.05, 4.69) is 46.4 Å². The summed E-state index contributed by atoms with van der Waals surface area (Å²) in [5.41, 5.74) is 7.49. The molecular weight excluding hydrogens is 196 g/mol. The summed E-state index contributed by atoms with van der Waals surface area (Å²) < 4.78 is 0. The molecular formula is C15H24O. The molecule has 0 aliphatic heterocycles. The predicted molar refractivity (Wildman–Crippen MR) is 69.2 cm³/mol. The van der Waals surface area contributed by atoms with Gasteiger partial charge in [-0.05, 0) is 51.7 Å². The molecule has 1 N–H and O–H groups in total. The Hall–Kier alpha value is -0.780. The van der Waals surface area contributed by atoms with Crippen LogP contribution in [0.15, 0.2) is 28.5 Å². The molecule has 1 aliphatic rings. The molecule has 90 valence electrons. The van der Waals surface area contributed by atoms with Crippen LogP contribution in [0.5, 0.6) is 0 Å². The van der Waals surface area contributed by atoms with Crippen molar-refractivity contribution in [2.45, 2.75) is 47.5 Å². The SMILES string of the molecule is CC(C)=C=C1[C@@H](CO)[C@@]1(C)CCC=C(C)C. The summed E-state index contributed by atoms with van der Waals surface area (Å²) in [5, 5.41) is 9.35. The molecule has 1 aliphatic carbocycles. The second-order valence-corrected chi connectivity index (χ2v) is 5.51. The molecule has 0 heterocycles. The van der Waals surface area contributed by atoms with Crippen LogP contribution in [0, 0.1) is 11.3 Å². The Morgan fingerprint density at radius 3 is 2.44 bits per heavy atom. The maximum atomic E-state index is 9.35. The van der Waals surface area contributed by atoms with Gasteiger partial charge >= 0.3 is 0 Å². The summed E-state index contributed by atoms with van der Waals surface area (Å²) in [5.74, 6) is 0.341. The van der Waals surface area contributed by atoms with Gasteiger partial charge in [0.1, 0.15) is 0 Å². The zero-order valence-electron chi connectivity index (χ0n) is 11.2. The van der Waals surface area contributed by atoms with Crippen LogP contribution in [0.4, 0.5) is 0 Å². The normalized spacial score (nSPS) is 27.4.